The van der Waals surface area contributed by atoms with Gasteiger partial charge < -0.3 is 10.2 Å². The second-order valence-corrected chi connectivity index (χ2v) is 7.88. The standard InChI is InChI=1S/C11H13Br2NO5S/c1-6-3-8(13)9(4-7(6)12)20(18,19)14-5-11(2,17)10(15)16/h3-4,14,17H,5H2,1-2H3,(H,15,16). The molecule has 0 aromatic heterocycles. The Balaban J connectivity index is 3.07. The van der Waals surface area contributed by atoms with Crippen LogP contribution in [0.25, 0.3) is 0 Å². The highest BCUT2D eigenvalue weighted by molar-refractivity contribution is 9.11. The first-order chi connectivity index (χ1) is 8.97. The Hall–Kier alpha value is -0.480. The van der Waals surface area contributed by atoms with E-state index in [0.29, 0.717) is 8.95 Å². The van der Waals surface area contributed by atoms with Crippen molar-refractivity contribution in [1.82, 2.24) is 4.72 Å². The van der Waals surface area contributed by atoms with Crippen LogP contribution in [0.1, 0.15) is 12.5 Å². The summed E-state index contributed by atoms with van der Waals surface area (Å²) < 4.78 is 27.3. The molecule has 0 saturated heterocycles. The third kappa shape index (κ3) is 4.01. The molecule has 1 atom stereocenters. The van der Waals surface area contributed by atoms with E-state index in [1.807, 2.05) is 0 Å². The van der Waals surface area contributed by atoms with Crippen molar-refractivity contribution in [1.29, 1.82) is 0 Å². The molecule has 0 aliphatic carbocycles. The van der Waals surface area contributed by atoms with Gasteiger partial charge in [0.1, 0.15) is 0 Å². The van der Waals surface area contributed by atoms with Crippen molar-refractivity contribution in [3.8, 4) is 0 Å². The van der Waals surface area contributed by atoms with Gasteiger partial charge in [0.2, 0.25) is 10.0 Å². The number of aryl methyl sites for hydroxylation is 1. The van der Waals surface area contributed by atoms with Gasteiger partial charge in [-0.05, 0) is 47.5 Å². The number of aliphatic hydroxyl groups is 1. The molecule has 1 aromatic carbocycles. The molecule has 6 nitrogen and oxygen atoms in total. The van der Waals surface area contributed by atoms with Crippen LogP contribution in [0, 0.1) is 6.92 Å². The van der Waals surface area contributed by atoms with Gasteiger partial charge in [0.05, 0.1) is 11.4 Å². The maximum atomic E-state index is 12.1. The minimum Gasteiger partial charge on any atom is -0.479 e. The summed E-state index contributed by atoms with van der Waals surface area (Å²) in [5, 5.41) is 18.3. The smallest absolute Gasteiger partial charge is 0.336 e. The average molecular weight is 431 g/mol. The third-order valence-corrected chi connectivity index (χ3v) is 5.78. The van der Waals surface area contributed by atoms with Crippen LogP contribution in [-0.2, 0) is 14.8 Å². The van der Waals surface area contributed by atoms with E-state index in [0.717, 1.165) is 12.5 Å². The third-order valence-electron chi connectivity index (χ3n) is 2.57. The maximum Gasteiger partial charge on any atom is 0.336 e. The van der Waals surface area contributed by atoms with Crippen molar-refractivity contribution in [3.63, 3.8) is 0 Å². The van der Waals surface area contributed by atoms with Crippen LogP contribution in [0.3, 0.4) is 0 Å². The first-order valence-corrected chi connectivity index (χ1v) is 8.45. The van der Waals surface area contributed by atoms with Gasteiger partial charge in [0.25, 0.3) is 0 Å². The molecule has 1 aromatic rings. The van der Waals surface area contributed by atoms with Gasteiger partial charge in [-0.3, -0.25) is 0 Å². The molecule has 9 heteroatoms. The van der Waals surface area contributed by atoms with Crippen molar-refractivity contribution in [3.05, 3.63) is 26.6 Å². The highest BCUT2D eigenvalue weighted by atomic mass is 79.9. The van der Waals surface area contributed by atoms with Gasteiger partial charge in [0, 0.05) is 8.95 Å². The molecule has 0 saturated carbocycles. The van der Waals surface area contributed by atoms with Gasteiger partial charge in [-0.2, -0.15) is 0 Å². The first kappa shape index (κ1) is 17.6. The molecule has 1 rings (SSSR count). The number of nitrogens with one attached hydrogen (secondary N) is 1. The van der Waals surface area contributed by atoms with Crippen LogP contribution in [0.2, 0.25) is 0 Å². The average Bonchev–Trinajstić information content (AvgIpc) is 2.31. The van der Waals surface area contributed by atoms with E-state index in [1.54, 1.807) is 13.0 Å². The summed E-state index contributed by atoms with van der Waals surface area (Å²) in [5.41, 5.74) is -1.34. The molecule has 3 N–H and O–H groups in total. The fraction of sp³-hybridized carbons (Fsp3) is 0.364. The number of hydrogen-bond acceptors (Lipinski definition) is 4. The zero-order valence-electron chi connectivity index (χ0n) is 10.6. The molecular weight excluding hydrogens is 418 g/mol. The van der Waals surface area contributed by atoms with Crippen molar-refractivity contribution in [2.75, 3.05) is 6.54 Å². The van der Waals surface area contributed by atoms with Crippen LogP contribution in [0.4, 0.5) is 0 Å². The minimum atomic E-state index is -3.95. The maximum absolute atomic E-state index is 12.1. The topological polar surface area (TPSA) is 104 Å². The molecule has 0 radical (unpaired) electrons. The number of hydrogen-bond donors (Lipinski definition) is 3. The van der Waals surface area contributed by atoms with Gasteiger partial charge in [0.15, 0.2) is 5.60 Å². The molecule has 0 bridgehead atoms. The summed E-state index contributed by atoms with van der Waals surface area (Å²) in [6.45, 7) is 2.18. The van der Waals surface area contributed by atoms with E-state index in [2.05, 4.69) is 36.6 Å². The lowest BCUT2D eigenvalue weighted by Gasteiger charge is -2.19. The molecule has 0 fully saturated rings. The van der Waals surface area contributed by atoms with E-state index in [-0.39, 0.29) is 4.90 Å². The number of rotatable bonds is 5. The summed E-state index contributed by atoms with van der Waals surface area (Å²) >= 11 is 6.38. The second-order valence-electron chi connectivity index (χ2n) is 4.44. The van der Waals surface area contributed by atoms with Crippen molar-refractivity contribution in [2.24, 2.45) is 0 Å². The van der Waals surface area contributed by atoms with E-state index >= 15 is 0 Å². The van der Waals surface area contributed by atoms with Crippen molar-refractivity contribution >= 4 is 47.9 Å². The Bertz CT molecular complexity index is 642. The quantitative estimate of drug-likeness (QED) is 0.658. The predicted molar refractivity (Wildman–Crippen MR) is 80.0 cm³/mol. The summed E-state index contributed by atoms with van der Waals surface area (Å²) in [4.78, 5) is 10.7. The van der Waals surface area contributed by atoms with E-state index < -0.39 is 28.1 Å². The van der Waals surface area contributed by atoms with E-state index in [9.17, 15) is 18.3 Å². The zero-order valence-corrected chi connectivity index (χ0v) is 14.6. The Morgan fingerprint density at radius 1 is 1.35 bits per heavy atom. The van der Waals surface area contributed by atoms with Gasteiger partial charge >= 0.3 is 5.97 Å². The lowest BCUT2D eigenvalue weighted by atomic mass is 10.1. The molecule has 0 spiro atoms. The summed E-state index contributed by atoms with van der Waals surface area (Å²) in [6.07, 6.45) is 0. The number of aliphatic carboxylic acids is 1. The number of carbonyl (C=O) groups is 1. The summed E-state index contributed by atoms with van der Waals surface area (Å²) in [7, 11) is -3.95. The SMILES string of the molecule is Cc1cc(Br)c(S(=O)(=O)NCC(C)(O)C(=O)O)cc1Br. The first-order valence-electron chi connectivity index (χ1n) is 5.38. The highest BCUT2D eigenvalue weighted by Crippen LogP contribution is 2.28. The fourth-order valence-electron chi connectivity index (χ4n) is 1.22. The number of halogens is 2. The monoisotopic (exact) mass is 429 g/mol. The Morgan fingerprint density at radius 2 is 1.90 bits per heavy atom. The van der Waals surface area contributed by atoms with Crippen LogP contribution >= 0.6 is 31.9 Å². The van der Waals surface area contributed by atoms with Gasteiger partial charge in [-0.15, -0.1) is 0 Å². The molecule has 20 heavy (non-hydrogen) atoms. The minimum absolute atomic E-state index is 0.0452. The molecular formula is C11H13Br2NO5S. The largest absolute Gasteiger partial charge is 0.479 e. The van der Waals surface area contributed by atoms with Gasteiger partial charge in [-0.25, -0.2) is 17.9 Å². The Morgan fingerprint density at radius 3 is 2.40 bits per heavy atom. The van der Waals surface area contributed by atoms with Gasteiger partial charge in [-0.1, -0.05) is 15.9 Å². The Labute approximate surface area is 133 Å². The Kier molecular flexibility index (Phi) is 5.36. The molecule has 1 unspecified atom stereocenters. The molecule has 0 aliphatic heterocycles. The van der Waals surface area contributed by atoms with Crippen molar-refractivity contribution < 1.29 is 23.4 Å². The second kappa shape index (κ2) is 6.10. The number of benzene rings is 1. The molecule has 112 valence electrons. The van der Waals surface area contributed by atoms with Crippen LogP contribution in [-0.4, -0.2) is 36.7 Å². The molecule has 0 heterocycles. The van der Waals surface area contributed by atoms with Crippen LogP contribution < -0.4 is 4.72 Å². The van der Waals surface area contributed by atoms with Crippen LogP contribution in [0.15, 0.2) is 26.0 Å². The molecule has 0 aliphatic rings. The number of carboxylic acids is 1. The highest BCUT2D eigenvalue weighted by Gasteiger charge is 2.32. The van der Waals surface area contributed by atoms with E-state index in [1.165, 1.54) is 6.07 Å². The van der Waals surface area contributed by atoms with Crippen LogP contribution in [0.5, 0.6) is 0 Å². The fourth-order valence-corrected chi connectivity index (χ4v) is 4.03. The lowest BCUT2D eigenvalue weighted by molar-refractivity contribution is -0.155. The number of sulfonamides is 1. The summed E-state index contributed by atoms with van der Waals surface area (Å²) in [6, 6.07) is 3.02. The summed E-state index contributed by atoms with van der Waals surface area (Å²) in [5.74, 6) is -1.51. The normalized spacial score (nSPS) is 14.8. The van der Waals surface area contributed by atoms with Crippen molar-refractivity contribution in [2.45, 2.75) is 24.3 Å². The zero-order chi connectivity index (χ0) is 15.7. The lowest BCUT2D eigenvalue weighted by Crippen LogP contribution is -2.46. The number of carboxylic acid groups (broad SMARTS) is 1. The molecule has 0 amide bonds. The predicted octanol–water partition coefficient (Wildman–Crippen LogP) is 1.63. The van der Waals surface area contributed by atoms with E-state index in [4.69, 9.17) is 5.11 Å².